The first-order valence-electron chi connectivity index (χ1n) is 19.8. The lowest BCUT2D eigenvalue weighted by atomic mass is 9.91. The van der Waals surface area contributed by atoms with E-state index >= 15 is 0 Å². The van der Waals surface area contributed by atoms with Crippen LogP contribution in [0.5, 0.6) is 0 Å². The van der Waals surface area contributed by atoms with E-state index in [2.05, 4.69) is 229 Å². The Bertz CT molecular complexity index is 3270. The van der Waals surface area contributed by atoms with Crippen LogP contribution in [0.4, 0.5) is 17.1 Å². The maximum atomic E-state index is 6.89. The summed E-state index contributed by atoms with van der Waals surface area (Å²) >= 11 is 0. The summed E-state index contributed by atoms with van der Waals surface area (Å²) < 4.78 is 6.89. The lowest BCUT2D eigenvalue weighted by Crippen LogP contribution is -2.11. The van der Waals surface area contributed by atoms with Crippen molar-refractivity contribution in [1.29, 1.82) is 0 Å². The largest absolute Gasteiger partial charge is 0.455 e. The van der Waals surface area contributed by atoms with Crippen LogP contribution in [-0.2, 0) is 0 Å². The Hall–Kier alpha value is -7.68. The van der Waals surface area contributed by atoms with Crippen LogP contribution in [0.15, 0.2) is 229 Å². The summed E-state index contributed by atoms with van der Waals surface area (Å²) in [5.74, 6) is 0. The number of nitrogens with zero attached hydrogens (tertiary/aromatic N) is 1. The number of furan rings is 1. The van der Waals surface area contributed by atoms with Crippen molar-refractivity contribution >= 4 is 60.5 Å². The molecule has 2 heteroatoms. The molecule has 0 aliphatic heterocycles. The zero-order chi connectivity index (χ0) is 38.4. The summed E-state index contributed by atoms with van der Waals surface area (Å²) in [6, 6.07) is 80.6. The summed E-state index contributed by atoms with van der Waals surface area (Å²) in [6.07, 6.45) is 0. The highest BCUT2D eigenvalue weighted by Gasteiger charge is 2.23. The van der Waals surface area contributed by atoms with Crippen LogP contribution >= 0.6 is 0 Å². The molecule has 11 aromatic rings. The van der Waals surface area contributed by atoms with Crippen molar-refractivity contribution < 1.29 is 4.42 Å². The molecule has 272 valence electrons. The van der Waals surface area contributed by atoms with E-state index in [4.69, 9.17) is 4.42 Å². The second kappa shape index (κ2) is 14.1. The number of hydrogen-bond donors (Lipinski definition) is 0. The summed E-state index contributed by atoms with van der Waals surface area (Å²) in [4.78, 5) is 2.45. The molecule has 0 N–H and O–H groups in total. The van der Waals surface area contributed by atoms with Crippen LogP contribution in [0.2, 0.25) is 0 Å². The maximum Gasteiger partial charge on any atom is 0.143 e. The van der Waals surface area contributed by atoms with Gasteiger partial charge in [0.2, 0.25) is 0 Å². The predicted molar refractivity (Wildman–Crippen MR) is 245 cm³/mol. The Balaban J connectivity index is 1.17. The predicted octanol–water partition coefficient (Wildman–Crippen LogP) is 16.0. The average molecular weight is 740 g/mol. The molecule has 0 bridgehead atoms. The Morgan fingerprint density at radius 3 is 1.66 bits per heavy atom. The molecule has 0 atom stereocenters. The Morgan fingerprint density at radius 2 is 0.862 bits per heavy atom. The van der Waals surface area contributed by atoms with E-state index in [1.54, 1.807) is 0 Å². The van der Waals surface area contributed by atoms with Gasteiger partial charge in [-0.25, -0.2) is 0 Å². The van der Waals surface area contributed by atoms with E-state index in [9.17, 15) is 0 Å². The Morgan fingerprint density at radius 1 is 0.310 bits per heavy atom. The number of hydrogen-bond acceptors (Lipinski definition) is 2. The number of rotatable bonds is 7. The van der Waals surface area contributed by atoms with Gasteiger partial charge in [0.25, 0.3) is 0 Å². The highest BCUT2D eigenvalue weighted by atomic mass is 16.3. The summed E-state index contributed by atoms with van der Waals surface area (Å²) in [5, 5.41) is 6.76. The fourth-order valence-electron chi connectivity index (χ4n) is 8.75. The lowest BCUT2D eigenvalue weighted by Gasteiger charge is -2.29. The molecule has 0 saturated heterocycles. The van der Waals surface area contributed by atoms with Gasteiger partial charge in [-0.15, -0.1) is 0 Å². The fraction of sp³-hybridized carbons (Fsp3) is 0. The minimum absolute atomic E-state index is 0.871. The van der Waals surface area contributed by atoms with Crippen molar-refractivity contribution in [3.63, 3.8) is 0 Å². The van der Waals surface area contributed by atoms with Crippen molar-refractivity contribution in [2.45, 2.75) is 0 Å². The van der Waals surface area contributed by atoms with Crippen molar-refractivity contribution in [2.75, 3.05) is 4.90 Å². The highest BCUT2D eigenvalue weighted by Crippen LogP contribution is 2.48. The first-order valence-corrected chi connectivity index (χ1v) is 19.8. The molecule has 1 heterocycles. The normalized spacial score (nSPS) is 11.4. The molecule has 0 aliphatic rings. The number of anilines is 3. The fourth-order valence-corrected chi connectivity index (χ4v) is 8.75. The van der Waals surface area contributed by atoms with Crippen LogP contribution in [0.3, 0.4) is 0 Å². The molecule has 0 unspecified atom stereocenters. The topological polar surface area (TPSA) is 16.4 Å². The van der Waals surface area contributed by atoms with E-state index in [0.29, 0.717) is 0 Å². The van der Waals surface area contributed by atoms with Crippen LogP contribution in [0, 0.1) is 0 Å². The zero-order valence-electron chi connectivity index (χ0n) is 31.7. The molecule has 0 saturated carbocycles. The van der Waals surface area contributed by atoms with Gasteiger partial charge in [-0.05, 0) is 80.2 Å². The van der Waals surface area contributed by atoms with Crippen LogP contribution in [0.25, 0.3) is 88.0 Å². The molecule has 0 fully saturated rings. The first kappa shape index (κ1) is 33.6. The third-order valence-electron chi connectivity index (χ3n) is 11.5. The lowest BCUT2D eigenvalue weighted by molar-refractivity contribution is 0.673. The SMILES string of the molecule is c1ccc(-c2ccc(-c3cccc(N(c4cccc5ccccc45)c4cc5c(oc6cccc(-c7ccccc7-c7ccccc7)c65)c5ccccc45)c3)cc2)cc1. The van der Waals surface area contributed by atoms with Crippen LogP contribution in [0.1, 0.15) is 0 Å². The van der Waals surface area contributed by atoms with Gasteiger partial charge in [-0.2, -0.15) is 0 Å². The van der Waals surface area contributed by atoms with Crippen LogP contribution < -0.4 is 4.90 Å². The molecular weight excluding hydrogens is 703 g/mol. The molecule has 11 rings (SSSR count). The molecule has 0 aliphatic carbocycles. The molecular formula is C56H37NO. The molecule has 0 amide bonds. The van der Waals surface area contributed by atoms with Gasteiger partial charge in [-0.3, -0.25) is 0 Å². The molecule has 1 aromatic heterocycles. The van der Waals surface area contributed by atoms with Gasteiger partial charge < -0.3 is 9.32 Å². The third kappa shape index (κ3) is 5.74. The van der Waals surface area contributed by atoms with Crippen molar-refractivity contribution in [2.24, 2.45) is 0 Å². The quantitative estimate of drug-likeness (QED) is 0.162. The molecule has 2 nitrogen and oxygen atoms in total. The van der Waals surface area contributed by atoms with Gasteiger partial charge in [-0.1, -0.05) is 194 Å². The van der Waals surface area contributed by atoms with Gasteiger partial charge in [0.05, 0.1) is 11.4 Å². The summed E-state index contributed by atoms with van der Waals surface area (Å²) in [6.45, 7) is 0. The Kier molecular flexibility index (Phi) is 8.19. The zero-order valence-corrected chi connectivity index (χ0v) is 31.7. The average Bonchev–Trinajstić information content (AvgIpc) is 3.69. The van der Waals surface area contributed by atoms with Gasteiger partial charge in [0.1, 0.15) is 11.2 Å². The second-order valence-corrected chi connectivity index (χ2v) is 14.8. The third-order valence-corrected chi connectivity index (χ3v) is 11.5. The van der Waals surface area contributed by atoms with E-state index in [-0.39, 0.29) is 0 Å². The van der Waals surface area contributed by atoms with E-state index in [1.807, 2.05) is 0 Å². The van der Waals surface area contributed by atoms with E-state index in [0.717, 1.165) is 60.9 Å². The van der Waals surface area contributed by atoms with Crippen molar-refractivity contribution in [3.8, 4) is 44.5 Å². The number of fused-ring (bicyclic) bond motifs is 6. The second-order valence-electron chi connectivity index (χ2n) is 14.8. The molecule has 0 spiro atoms. The minimum atomic E-state index is 0.871. The highest BCUT2D eigenvalue weighted by molar-refractivity contribution is 6.23. The van der Waals surface area contributed by atoms with Gasteiger partial charge in [0.15, 0.2) is 0 Å². The molecule has 58 heavy (non-hydrogen) atoms. The monoisotopic (exact) mass is 739 g/mol. The minimum Gasteiger partial charge on any atom is -0.455 e. The first-order chi connectivity index (χ1) is 28.8. The maximum absolute atomic E-state index is 6.89. The standard InChI is InChI=1S/C56H37NO/c1-3-16-38(17-4-1)39-32-34-40(35-33-39)43-22-13-23-44(36-43)57(52-30-14-21-42-20-7-8-25-46(42)52)53-37-51-55-49(47-26-10-9-24-45(47)41-18-5-2-6-19-41)29-15-31-54(55)58-56(51)50-28-12-11-27-48(50)53/h1-37H. The Labute approximate surface area is 337 Å². The molecule has 0 radical (unpaired) electrons. The molecule has 10 aromatic carbocycles. The van der Waals surface area contributed by atoms with E-state index < -0.39 is 0 Å². The van der Waals surface area contributed by atoms with Crippen molar-refractivity contribution in [1.82, 2.24) is 0 Å². The van der Waals surface area contributed by atoms with Gasteiger partial charge >= 0.3 is 0 Å². The number of benzene rings is 10. The van der Waals surface area contributed by atoms with E-state index in [1.165, 1.54) is 44.2 Å². The van der Waals surface area contributed by atoms with Gasteiger partial charge in [0, 0.05) is 32.6 Å². The van der Waals surface area contributed by atoms with Crippen molar-refractivity contribution in [3.05, 3.63) is 224 Å². The van der Waals surface area contributed by atoms with Crippen LogP contribution in [-0.4, -0.2) is 0 Å². The summed E-state index contributed by atoms with van der Waals surface area (Å²) in [7, 11) is 0. The smallest absolute Gasteiger partial charge is 0.143 e. The summed E-state index contributed by atoms with van der Waals surface area (Å²) in [5.41, 5.74) is 14.5.